The number of nitrogens with zero attached hydrogens (tertiary/aromatic N) is 4. The minimum atomic E-state index is -0.561. The average molecular weight is 329 g/mol. The summed E-state index contributed by atoms with van der Waals surface area (Å²) in [5.41, 5.74) is 2.07. The highest BCUT2D eigenvalue weighted by atomic mass is 16.5. The highest BCUT2D eigenvalue weighted by Crippen LogP contribution is 2.32. The maximum absolute atomic E-state index is 12.5. The number of anilines is 2. The zero-order chi connectivity index (χ0) is 16.8. The molecular formula is C16H19N5O3. The third-order valence-electron chi connectivity index (χ3n) is 4.53. The van der Waals surface area contributed by atoms with Gasteiger partial charge in [-0.1, -0.05) is 13.8 Å². The lowest BCUT2D eigenvalue weighted by molar-refractivity contribution is -0.120. The van der Waals surface area contributed by atoms with Crippen LogP contribution in [-0.4, -0.2) is 60.0 Å². The molecule has 3 aliphatic rings. The van der Waals surface area contributed by atoms with E-state index < -0.39 is 6.04 Å². The predicted molar refractivity (Wildman–Crippen MR) is 88.3 cm³/mol. The van der Waals surface area contributed by atoms with Crippen molar-refractivity contribution in [3.05, 3.63) is 18.0 Å². The number of fused-ring (bicyclic) bond motifs is 3. The number of nitrogens with one attached hydrogen (secondary N) is 1. The third-order valence-corrected chi connectivity index (χ3v) is 4.53. The Hall–Kier alpha value is -2.48. The van der Waals surface area contributed by atoms with Crippen molar-refractivity contribution in [3.63, 3.8) is 0 Å². The van der Waals surface area contributed by atoms with Gasteiger partial charge in [-0.3, -0.25) is 9.69 Å². The molecule has 24 heavy (non-hydrogen) atoms. The Morgan fingerprint density at radius 2 is 2.04 bits per heavy atom. The zero-order valence-electron chi connectivity index (χ0n) is 13.7. The molecule has 1 aromatic heterocycles. The fraction of sp³-hybridized carbons (Fsp3) is 0.500. The Kier molecular flexibility index (Phi) is 3.49. The molecule has 1 saturated heterocycles. The lowest BCUT2D eigenvalue weighted by Crippen LogP contribution is -2.50. The Balaban J connectivity index is 1.71. The number of pyridine rings is 1. The quantitative estimate of drug-likeness (QED) is 0.877. The fourth-order valence-corrected chi connectivity index (χ4v) is 3.34. The van der Waals surface area contributed by atoms with Crippen molar-refractivity contribution >= 4 is 29.1 Å². The molecule has 3 aliphatic heterocycles. The van der Waals surface area contributed by atoms with Crippen molar-refractivity contribution in [1.82, 2.24) is 9.88 Å². The molecule has 0 radical (unpaired) electrons. The second-order valence-corrected chi connectivity index (χ2v) is 6.45. The molecule has 0 bridgehead atoms. The van der Waals surface area contributed by atoms with Gasteiger partial charge in [-0.2, -0.15) is 4.99 Å². The van der Waals surface area contributed by atoms with Crippen LogP contribution in [0.15, 0.2) is 17.3 Å². The Labute approximate surface area is 139 Å². The normalized spacial score (nSPS) is 23.1. The van der Waals surface area contributed by atoms with Crippen LogP contribution < -0.4 is 10.2 Å². The first-order valence-corrected chi connectivity index (χ1v) is 8.12. The van der Waals surface area contributed by atoms with Gasteiger partial charge in [0.05, 0.1) is 30.8 Å². The maximum Gasteiger partial charge on any atom is 0.328 e. The number of hydrogen-bond donors (Lipinski definition) is 1. The summed E-state index contributed by atoms with van der Waals surface area (Å²) in [5, 5.41) is 2.85. The summed E-state index contributed by atoms with van der Waals surface area (Å²) < 4.78 is 5.36. The van der Waals surface area contributed by atoms with E-state index in [1.807, 2.05) is 19.9 Å². The van der Waals surface area contributed by atoms with Crippen LogP contribution >= 0.6 is 0 Å². The molecule has 0 spiro atoms. The Morgan fingerprint density at radius 3 is 2.75 bits per heavy atom. The molecule has 1 aromatic rings. The molecule has 1 atom stereocenters. The average Bonchev–Trinajstić information content (AvgIpc) is 2.93. The number of amides is 3. The number of aliphatic imine (C=N–C) groups is 1. The molecule has 0 saturated carbocycles. The van der Waals surface area contributed by atoms with Crippen molar-refractivity contribution < 1.29 is 14.3 Å². The van der Waals surface area contributed by atoms with Gasteiger partial charge in [0.15, 0.2) is 5.84 Å². The van der Waals surface area contributed by atoms with Crippen LogP contribution in [-0.2, 0) is 9.53 Å². The third kappa shape index (κ3) is 2.25. The van der Waals surface area contributed by atoms with E-state index in [2.05, 4.69) is 20.2 Å². The molecule has 4 rings (SSSR count). The van der Waals surface area contributed by atoms with Crippen molar-refractivity contribution in [2.75, 3.05) is 36.5 Å². The van der Waals surface area contributed by atoms with Crippen LogP contribution in [0.4, 0.5) is 16.2 Å². The highest BCUT2D eigenvalue weighted by Gasteiger charge is 2.45. The topological polar surface area (TPSA) is 87.1 Å². The predicted octanol–water partition coefficient (Wildman–Crippen LogP) is 1.08. The maximum atomic E-state index is 12.5. The molecule has 0 aliphatic carbocycles. The van der Waals surface area contributed by atoms with Crippen molar-refractivity contribution in [2.24, 2.45) is 10.9 Å². The van der Waals surface area contributed by atoms with E-state index in [1.54, 1.807) is 6.20 Å². The second kappa shape index (κ2) is 5.55. The van der Waals surface area contributed by atoms with E-state index in [0.29, 0.717) is 30.4 Å². The number of carbonyl (C=O) groups is 2. The monoisotopic (exact) mass is 329 g/mol. The van der Waals surface area contributed by atoms with E-state index in [-0.39, 0.29) is 17.9 Å². The molecule has 8 nitrogen and oxygen atoms in total. The van der Waals surface area contributed by atoms with Gasteiger partial charge in [-0.05, 0) is 12.0 Å². The summed E-state index contributed by atoms with van der Waals surface area (Å²) >= 11 is 0. The first kappa shape index (κ1) is 15.1. The van der Waals surface area contributed by atoms with Crippen molar-refractivity contribution in [2.45, 2.75) is 19.9 Å². The minimum absolute atomic E-state index is 0.0151. The van der Waals surface area contributed by atoms with E-state index in [1.165, 1.54) is 4.90 Å². The molecule has 3 amide bonds. The van der Waals surface area contributed by atoms with Gasteiger partial charge >= 0.3 is 6.03 Å². The SMILES string of the molecule is CC(C)C1C(=O)N=C2c3ncc(N4CCOCC4)cc3NC(=O)N21. The van der Waals surface area contributed by atoms with E-state index in [4.69, 9.17) is 4.74 Å². The van der Waals surface area contributed by atoms with Gasteiger partial charge in [0.1, 0.15) is 11.7 Å². The summed E-state index contributed by atoms with van der Waals surface area (Å²) in [7, 11) is 0. The van der Waals surface area contributed by atoms with Gasteiger partial charge in [0, 0.05) is 13.1 Å². The van der Waals surface area contributed by atoms with E-state index in [9.17, 15) is 9.59 Å². The van der Waals surface area contributed by atoms with Crippen molar-refractivity contribution in [1.29, 1.82) is 0 Å². The molecule has 1 fully saturated rings. The number of rotatable bonds is 2. The fourth-order valence-electron chi connectivity index (χ4n) is 3.34. The molecule has 8 heteroatoms. The number of aromatic nitrogens is 1. The van der Waals surface area contributed by atoms with Gasteiger partial charge < -0.3 is 15.0 Å². The molecule has 0 aromatic carbocycles. The van der Waals surface area contributed by atoms with Crippen LogP contribution in [0.3, 0.4) is 0 Å². The first-order valence-electron chi connectivity index (χ1n) is 8.12. The smallest absolute Gasteiger partial charge is 0.328 e. The number of urea groups is 1. The van der Waals surface area contributed by atoms with E-state index >= 15 is 0 Å². The number of morpholine rings is 1. The number of carbonyl (C=O) groups excluding carboxylic acids is 2. The summed E-state index contributed by atoms with van der Waals surface area (Å²) in [6, 6.07) is 0.999. The summed E-state index contributed by atoms with van der Waals surface area (Å²) in [6.45, 7) is 6.73. The van der Waals surface area contributed by atoms with Crippen LogP contribution in [0, 0.1) is 5.92 Å². The summed E-state index contributed by atoms with van der Waals surface area (Å²) in [5.74, 6) is 0.0479. The number of ether oxygens (including phenoxy) is 1. The Morgan fingerprint density at radius 1 is 1.29 bits per heavy atom. The van der Waals surface area contributed by atoms with Gasteiger partial charge in [-0.25, -0.2) is 9.78 Å². The van der Waals surface area contributed by atoms with Crippen LogP contribution in [0.2, 0.25) is 0 Å². The standard InChI is InChI=1S/C16H19N5O3/c1-9(2)13-15(22)19-14-12-11(18-16(23)21(13)14)7-10(8-17-12)20-3-5-24-6-4-20/h7-9,13H,3-6H2,1-2H3,(H,18,23). The first-order chi connectivity index (χ1) is 11.6. The number of amidine groups is 1. The van der Waals surface area contributed by atoms with Gasteiger partial charge in [0.2, 0.25) is 0 Å². The minimum Gasteiger partial charge on any atom is -0.378 e. The van der Waals surface area contributed by atoms with Crippen molar-refractivity contribution in [3.8, 4) is 0 Å². The molecule has 1 unspecified atom stereocenters. The second-order valence-electron chi connectivity index (χ2n) is 6.45. The van der Waals surface area contributed by atoms with Crippen LogP contribution in [0.25, 0.3) is 0 Å². The summed E-state index contributed by atoms with van der Waals surface area (Å²) in [6.07, 6.45) is 1.76. The summed E-state index contributed by atoms with van der Waals surface area (Å²) in [4.78, 5) is 36.9. The molecule has 126 valence electrons. The zero-order valence-corrected chi connectivity index (χ0v) is 13.7. The molecule has 1 N–H and O–H groups in total. The van der Waals surface area contributed by atoms with Gasteiger partial charge in [-0.15, -0.1) is 0 Å². The lowest BCUT2D eigenvalue weighted by Gasteiger charge is -2.33. The molecular weight excluding hydrogens is 310 g/mol. The largest absolute Gasteiger partial charge is 0.378 e. The highest BCUT2D eigenvalue weighted by molar-refractivity contribution is 6.24. The molecule has 4 heterocycles. The number of hydrogen-bond acceptors (Lipinski definition) is 5. The van der Waals surface area contributed by atoms with E-state index in [0.717, 1.165) is 18.8 Å². The van der Waals surface area contributed by atoms with Crippen LogP contribution in [0.5, 0.6) is 0 Å². The van der Waals surface area contributed by atoms with Gasteiger partial charge in [0.25, 0.3) is 5.91 Å². The lowest BCUT2D eigenvalue weighted by atomic mass is 10.0. The van der Waals surface area contributed by atoms with Crippen LogP contribution in [0.1, 0.15) is 19.5 Å². The Bertz CT molecular complexity index is 739.